The Balaban J connectivity index is 2.42. The van der Waals surface area contributed by atoms with E-state index in [9.17, 15) is 0 Å². The molecule has 2 atom stereocenters. The van der Waals surface area contributed by atoms with Crippen molar-refractivity contribution in [3.63, 3.8) is 0 Å². The van der Waals surface area contributed by atoms with Crippen LogP contribution in [0.4, 0.5) is 0 Å². The Morgan fingerprint density at radius 1 is 1.36 bits per heavy atom. The second-order valence-corrected chi connectivity index (χ2v) is 3.81. The first-order valence-electron chi connectivity index (χ1n) is 4.53. The fourth-order valence-corrected chi connectivity index (χ4v) is 1.61. The van der Waals surface area contributed by atoms with Crippen LogP contribution in [0.5, 0.6) is 0 Å². The monoisotopic (exact) mass is 154 g/mol. The summed E-state index contributed by atoms with van der Waals surface area (Å²) >= 11 is 0. The molecule has 0 aromatic heterocycles. The van der Waals surface area contributed by atoms with Crippen LogP contribution in [-0.2, 0) is 0 Å². The standard InChI is InChI=1S/C10H18O/c1-8(2)10-5-3-9(7-11)4-6-10/h3,5,8-11H,4,6-7H2,1-2H3/t9-,10+/m0/s1. The minimum atomic E-state index is 0.321. The van der Waals surface area contributed by atoms with Gasteiger partial charge in [-0.05, 0) is 30.6 Å². The summed E-state index contributed by atoms with van der Waals surface area (Å²) in [6.45, 7) is 4.84. The quantitative estimate of drug-likeness (QED) is 0.605. The van der Waals surface area contributed by atoms with Crippen LogP contribution in [-0.4, -0.2) is 11.7 Å². The lowest BCUT2D eigenvalue weighted by atomic mass is 9.83. The van der Waals surface area contributed by atoms with E-state index >= 15 is 0 Å². The zero-order valence-corrected chi connectivity index (χ0v) is 7.46. The minimum Gasteiger partial charge on any atom is -0.396 e. The van der Waals surface area contributed by atoms with E-state index in [1.807, 2.05) is 0 Å². The highest BCUT2D eigenvalue weighted by Gasteiger charge is 2.16. The summed E-state index contributed by atoms with van der Waals surface area (Å²) in [5.74, 6) is 1.94. The SMILES string of the molecule is CC(C)[C@@H]1C=C[C@H](CO)CC1. The molecule has 1 nitrogen and oxygen atoms in total. The van der Waals surface area contributed by atoms with E-state index in [0.29, 0.717) is 12.5 Å². The van der Waals surface area contributed by atoms with Gasteiger partial charge in [-0.15, -0.1) is 0 Å². The van der Waals surface area contributed by atoms with Gasteiger partial charge in [0.05, 0.1) is 0 Å². The molecule has 1 heteroatoms. The molecule has 0 spiro atoms. The maximum Gasteiger partial charge on any atom is 0.0493 e. The third-order valence-electron chi connectivity index (χ3n) is 2.59. The number of hydrogen-bond donors (Lipinski definition) is 1. The van der Waals surface area contributed by atoms with E-state index in [2.05, 4.69) is 26.0 Å². The summed E-state index contributed by atoms with van der Waals surface area (Å²) in [7, 11) is 0. The van der Waals surface area contributed by atoms with Gasteiger partial charge in [-0.1, -0.05) is 26.0 Å². The Morgan fingerprint density at radius 3 is 2.45 bits per heavy atom. The predicted octanol–water partition coefficient (Wildman–Crippen LogP) is 2.22. The summed E-state index contributed by atoms with van der Waals surface area (Å²) in [6.07, 6.45) is 6.86. The van der Waals surface area contributed by atoms with Crippen molar-refractivity contribution in [2.24, 2.45) is 17.8 Å². The minimum absolute atomic E-state index is 0.321. The van der Waals surface area contributed by atoms with Crippen LogP contribution in [0.25, 0.3) is 0 Å². The fraction of sp³-hybridized carbons (Fsp3) is 0.800. The topological polar surface area (TPSA) is 20.2 Å². The Bertz CT molecular complexity index is 138. The second-order valence-electron chi connectivity index (χ2n) is 3.81. The van der Waals surface area contributed by atoms with Gasteiger partial charge in [0.2, 0.25) is 0 Å². The average molecular weight is 154 g/mol. The van der Waals surface area contributed by atoms with Crippen molar-refractivity contribution in [2.45, 2.75) is 26.7 Å². The maximum atomic E-state index is 8.86. The van der Waals surface area contributed by atoms with Crippen molar-refractivity contribution in [3.8, 4) is 0 Å². The molecule has 0 aromatic carbocycles. The van der Waals surface area contributed by atoms with Crippen molar-refractivity contribution in [1.82, 2.24) is 0 Å². The van der Waals surface area contributed by atoms with Crippen molar-refractivity contribution >= 4 is 0 Å². The zero-order chi connectivity index (χ0) is 8.27. The molecule has 1 N–H and O–H groups in total. The first kappa shape index (κ1) is 8.79. The molecule has 1 rings (SSSR count). The van der Waals surface area contributed by atoms with Crippen LogP contribution >= 0.6 is 0 Å². The van der Waals surface area contributed by atoms with Gasteiger partial charge in [0.15, 0.2) is 0 Å². The highest BCUT2D eigenvalue weighted by molar-refractivity contribution is 4.98. The van der Waals surface area contributed by atoms with Crippen LogP contribution in [0.1, 0.15) is 26.7 Å². The van der Waals surface area contributed by atoms with Gasteiger partial charge in [0.25, 0.3) is 0 Å². The van der Waals surface area contributed by atoms with E-state index in [0.717, 1.165) is 18.3 Å². The second kappa shape index (κ2) is 3.91. The summed E-state index contributed by atoms with van der Waals surface area (Å²) in [5, 5.41) is 8.86. The number of aliphatic hydroxyl groups excluding tert-OH is 1. The molecule has 64 valence electrons. The molecule has 0 radical (unpaired) electrons. The number of aliphatic hydroxyl groups is 1. The van der Waals surface area contributed by atoms with Crippen LogP contribution in [0.3, 0.4) is 0 Å². The zero-order valence-electron chi connectivity index (χ0n) is 7.46. The molecule has 0 bridgehead atoms. The number of hydrogen-bond acceptors (Lipinski definition) is 1. The van der Waals surface area contributed by atoms with Gasteiger partial charge >= 0.3 is 0 Å². The Labute approximate surface area is 69.1 Å². The number of rotatable bonds is 2. The van der Waals surface area contributed by atoms with Crippen molar-refractivity contribution in [1.29, 1.82) is 0 Å². The highest BCUT2D eigenvalue weighted by atomic mass is 16.3. The summed E-state index contributed by atoms with van der Waals surface area (Å²) in [4.78, 5) is 0. The van der Waals surface area contributed by atoms with Gasteiger partial charge in [-0.25, -0.2) is 0 Å². The Hall–Kier alpha value is -0.300. The van der Waals surface area contributed by atoms with Crippen LogP contribution in [0, 0.1) is 17.8 Å². The molecule has 0 amide bonds. The molecule has 0 aliphatic heterocycles. The van der Waals surface area contributed by atoms with Crippen LogP contribution in [0.15, 0.2) is 12.2 Å². The molecule has 11 heavy (non-hydrogen) atoms. The van der Waals surface area contributed by atoms with Gasteiger partial charge in [-0.3, -0.25) is 0 Å². The molecule has 1 aliphatic carbocycles. The highest BCUT2D eigenvalue weighted by Crippen LogP contribution is 2.26. The van der Waals surface area contributed by atoms with Crippen LogP contribution < -0.4 is 0 Å². The largest absolute Gasteiger partial charge is 0.396 e. The van der Waals surface area contributed by atoms with E-state index in [1.165, 1.54) is 6.42 Å². The van der Waals surface area contributed by atoms with E-state index in [1.54, 1.807) is 0 Å². The van der Waals surface area contributed by atoms with E-state index < -0.39 is 0 Å². The van der Waals surface area contributed by atoms with E-state index in [4.69, 9.17) is 5.11 Å². The van der Waals surface area contributed by atoms with Crippen molar-refractivity contribution in [2.75, 3.05) is 6.61 Å². The lowest BCUT2D eigenvalue weighted by Gasteiger charge is -2.23. The average Bonchev–Trinajstić information content (AvgIpc) is 2.05. The molecule has 0 fully saturated rings. The molecule has 0 unspecified atom stereocenters. The van der Waals surface area contributed by atoms with Crippen molar-refractivity contribution in [3.05, 3.63) is 12.2 Å². The lowest BCUT2D eigenvalue weighted by Crippen LogP contribution is -2.15. The molecule has 0 heterocycles. The molecule has 1 aliphatic rings. The molecule has 0 saturated carbocycles. The Morgan fingerprint density at radius 2 is 2.09 bits per heavy atom. The van der Waals surface area contributed by atoms with Gasteiger partial charge < -0.3 is 5.11 Å². The van der Waals surface area contributed by atoms with Gasteiger partial charge in [-0.2, -0.15) is 0 Å². The summed E-state index contributed by atoms with van der Waals surface area (Å²) in [5.41, 5.74) is 0. The normalized spacial score (nSPS) is 31.3. The van der Waals surface area contributed by atoms with E-state index in [-0.39, 0.29) is 0 Å². The van der Waals surface area contributed by atoms with Crippen LogP contribution in [0.2, 0.25) is 0 Å². The third-order valence-corrected chi connectivity index (χ3v) is 2.59. The summed E-state index contributed by atoms with van der Waals surface area (Å²) in [6, 6.07) is 0. The van der Waals surface area contributed by atoms with Crippen molar-refractivity contribution < 1.29 is 5.11 Å². The molecule has 0 saturated heterocycles. The van der Waals surface area contributed by atoms with Gasteiger partial charge in [0, 0.05) is 6.61 Å². The smallest absolute Gasteiger partial charge is 0.0493 e. The predicted molar refractivity (Wildman–Crippen MR) is 47.3 cm³/mol. The summed E-state index contributed by atoms with van der Waals surface area (Å²) < 4.78 is 0. The first-order valence-corrected chi connectivity index (χ1v) is 4.53. The third kappa shape index (κ3) is 2.33. The number of allylic oxidation sites excluding steroid dienone is 1. The lowest BCUT2D eigenvalue weighted by molar-refractivity contribution is 0.228. The maximum absolute atomic E-state index is 8.86. The first-order chi connectivity index (χ1) is 5.24. The van der Waals surface area contributed by atoms with Gasteiger partial charge in [0.1, 0.15) is 0 Å². The molecular weight excluding hydrogens is 136 g/mol. The molecule has 0 aromatic rings. The fourth-order valence-electron chi connectivity index (χ4n) is 1.61. The Kier molecular flexibility index (Phi) is 3.13. The molecular formula is C10H18O.